The van der Waals surface area contributed by atoms with Gasteiger partial charge in [-0.05, 0) is 62.2 Å². The van der Waals surface area contributed by atoms with Crippen LogP contribution in [0.3, 0.4) is 0 Å². The second-order valence-electron chi connectivity index (χ2n) is 9.84. The molecule has 11 heteroatoms. The molecule has 4 rings (SSSR count). The predicted molar refractivity (Wildman–Crippen MR) is 140 cm³/mol. The van der Waals surface area contributed by atoms with Crippen molar-refractivity contribution in [1.29, 1.82) is 0 Å². The van der Waals surface area contributed by atoms with Gasteiger partial charge in [0.15, 0.2) is 0 Å². The Kier molecular flexibility index (Phi) is 8.13. The van der Waals surface area contributed by atoms with Crippen LogP contribution in [0.25, 0.3) is 0 Å². The summed E-state index contributed by atoms with van der Waals surface area (Å²) in [5.41, 5.74) is 0.728. The molecule has 2 aliphatic rings. The molecule has 2 amide bonds. The van der Waals surface area contributed by atoms with E-state index in [9.17, 15) is 23.1 Å². The molecule has 200 valence electrons. The topological polar surface area (TPSA) is 116 Å². The van der Waals surface area contributed by atoms with Gasteiger partial charge in [0, 0.05) is 36.1 Å². The molecule has 37 heavy (non-hydrogen) atoms. The molecule has 0 radical (unpaired) electrons. The molecule has 1 aliphatic heterocycles. The van der Waals surface area contributed by atoms with Gasteiger partial charge in [-0.1, -0.05) is 18.5 Å². The number of likely N-dealkylation sites (N-methyl/N-ethyl adjacent to an activating group) is 1. The number of hydrogen-bond donors (Lipinski definition) is 2. The number of carbonyl (C=O) groups excluding carboxylic acids is 2. The predicted octanol–water partition coefficient (Wildman–Crippen LogP) is 3.23. The zero-order valence-electron chi connectivity index (χ0n) is 21.1. The van der Waals surface area contributed by atoms with E-state index in [4.69, 9.17) is 16.3 Å². The van der Waals surface area contributed by atoms with E-state index in [2.05, 4.69) is 5.32 Å². The second-order valence-corrected chi connectivity index (χ2v) is 12.3. The summed E-state index contributed by atoms with van der Waals surface area (Å²) in [5, 5.41) is 13.1. The first-order chi connectivity index (χ1) is 17.5. The Morgan fingerprint density at radius 2 is 1.92 bits per heavy atom. The van der Waals surface area contributed by atoms with Crippen LogP contribution in [0.1, 0.15) is 37.0 Å². The maximum absolute atomic E-state index is 13.5. The quantitative estimate of drug-likeness (QED) is 0.522. The second kappa shape index (κ2) is 11.0. The summed E-state index contributed by atoms with van der Waals surface area (Å²) in [5.74, 6) is -0.378. The number of rotatable bonds is 8. The third kappa shape index (κ3) is 6.09. The minimum Gasteiger partial charge on any atom is -0.488 e. The maximum atomic E-state index is 13.5. The van der Waals surface area contributed by atoms with Gasteiger partial charge in [-0.15, -0.1) is 0 Å². The van der Waals surface area contributed by atoms with Crippen molar-refractivity contribution in [3.05, 3.63) is 53.1 Å². The molecule has 2 aromatic carbocycles. The summed E-state index contributed by atoms with van der Waals surface area (Å²) < 4.78 is 33.9. The number of ether oxygens (including phenoxy) is 1. The number of fused-ring (bicyclic) bond motifs is 1. The van der Waals surface area contributed by atoms with Gasteiger partial charge in [-0.3, -0.25) is 9.59 Å². The van der Waals surface area contributed by atoms with Crippen molar-refractivity contribution in [2.24, 2.45) is 11.8 Å². The van der Waals surface area contributed by atoms with Crippen LogP contribution in [0.2, 0.25) is 5.02 Å². The Balaban J connectivity index is 1.64. The van der Waals surface area contributed by atoms with Crippen LogP contribution in [-0.4, -0.2) is 73.4 Å². The summed E-state index contributed by atoms with van der Waals surface area (Å²) in [4.78, 5) is 27.5. The number of nitrogens with zero attached hydrogens (tertiary/aromatic N) is 2. The van der Waals surface area contributed by atoms with Gasteiger partial charge < -0.3 is 20.1 Å². The standard InChI is InChI=1S/C26H32ClN3O6S/c1-16-13-30(17(2)15-31)26(33)22-12-20(28-25(32)18-4-5-18)8-11-23(22)36-24(16)14-29(3)37(34,35)21-9-6-19(27)7-10-21/h6-12,16-18,24,31H,4-5,13-15H2,1-3H3,(H,28,32)/t16-,17+,24+/m1/s1. The van der Waals surface area contributed by atoms with Crippen molar-refractivity contribution in [3.8, 4) is 5.75 Å². The number of halogens is 1. The summed E-state index contributed by atoms with van der Waals surface area (Å²) in [6, 6.07) is 10.3. The number of aliphatic hydroxyl groups is 1. The van der Waals surface area contributed by atoms with E-state index in [1.54, 1.807) is 30.0 Å². The highest BCUT2D eigenvalue weighted by atomic mass is 35.5. The van der Waals surface area contributed by atoms with E-state index in [1.807, 2.05) is 6.92 Å². The molecular formula is C26H32ClN3O6S. The van der Waals surface area contributed by atoms with Crippen LogP contribution in [0.5, 0.6) is 5.75 Å². The molecule has 0 saturated heterocycles. The first-order valence-electron chi connectivity index (χ1n) is 12.3. The first kappa shape index (κ1) is 27.4. The number of amides is 2. The minimum atomic E-state index is -3.82. The molecule has 9 nitrogen and oxygen atoms in total. The lowest BCUT2D eigenvalue weighted by atomic mass is 9.99. The van der Waals surface area contributed by atoms with Crippen LogP contribution in [-0.2, 0) is 14.8 Å². The number of sulfonamides is 1. The Bertz CT molecular complexity index is 1270. The zero-order valence-corrected chi connectivity index (χ0v) is 22.6. The number of nitrogens with one attached hydrogen (secondary N) is 1. The van der Waals surface area contributed by atoms with Crippen molar-refractivity contribution < 1.29 is 27.9 Å². The molecule has 0 unspecified atom stereocenters. The van der Waals surface area contributed by atoms with Gasteiger partial charge in [-0.2, -0.15) is 4.31 Å². The Hall–Kier alpha value is -2.66. The highest BCUT2D eigenvalue weighted by molar-refractivity contribution is 7.89. The fourth-order valence-electron chi connectivity index (χ4n) is 4.25. The van der Waals surface area contributed by atoms with Crippen molar-refractivity contribution in [1.82, 2.24) is 9.21 Å². The van der Waals surface area contributed by atoms with Crippen molar-refractivity contribution in [2.75, 3.05) is 32.1 Å². The van der Waals surface area contributed by atoms with Crippen LogP contribution in [0.15, 0.2) is 47.4 Å². The van der Waals surface area contributed by atoms with Gasteiger partial charge in [0.05, 0.1) is 29.7 Å². The highest BCUT2D eigenvalue weighted by Gasteiger charge is 2.36. The number of anilines is 1. The molecular weight excluding hydrogens is 518 g/mol. The molecule has 2 aromatic rings. The first-order valence-corrected chi connectivity index (χ1v) is 14.1. The molecule has 1 saturated carbocycles. The summed E-state index contributed by atoms with van der Waals surface area (Å²) in [7, 11) is -2.34. The Morgan fingerprint density at radius 1 is 1.24 bits per heavy atom. The molecule has 1 fully saturated rings. The smallest absolute Gasteiger partial charge is 0.258 e. The number of hydrogen-bond acceptors (Lipinski definition) is 6. The average molecular weight is 550 g/mol. The summed E-state index contributed by atoms with van der Waals surface area (Å²) in [6.07, 6.45) is 1.11. The van der Waals surface area contributed by atoms with Crippen molar-refractivity contribution in [3.63, 3.8) is 0 Å². The lowest BCUT2D eigenvalue weighted by Gasteiger charge is -2.38. The van der Waals surface area contributed by atoms with Crippen LogP contribution >= 0.6 is 11.6 Å². The van der Waals surface area contributed by atoms with E-state index in [0.717, 1.165) is 12.8 Å². The number of benzene rings is 2. The minimum absolute atomic E-state index is 0.00299. The third-order valence-corrected chi connectivity index (χ3v) is 8.93. The summed E-state index contributed by atoms with van der Waals surface area (Å²) >= 11 is 5.92. The van der Waals surface area contributed by atoms with Gasteiger partial charge in [0.2, 0.25) is 15.9 Å². The summed E-state index contributed by atoms with van der Waals surface area (Å²) in [6.45, 7) is 3.67. The molecule has 1 heterocycles. The number of carbonyl (C=O) groups is 2. The van der Waals surface area contributed by atoms with Crippen molar-refractivity contribution in [2.45, 2.75) is 43.7 Å². The van der Waals surface area contributed by atoms with Gasteiger partial charge in [0.25, 0.3) is 5.91 Å². The van der Waals surface area contributed by atoms with E-state index in [0.29, 0.717) is 16.5 Å². The zero-order chi connectivity index (χ0) is 26.9. The van der Waals surface area contributed by atoms with E-state index >= 15 is 0 Å². The van der Waals surface area contributed by atoms with Gasteiger partial charge >= 0.3 is 0 Å². The Labute approximate surface area is 222 Å². The van der Waals surface area contributed by atoms with Crippen molar-refractivity contribution >= 4 is 39.1 Å². The van der Waals surface area contributed by atoms with Crippen LogP contribution < -0.4 is 10.1 Å². The van der Waals surface area contributed by atoms with E-state index in [1.165, 1.54) is 35.6 Å². The highest BCUT2D eigenvalue weighted by Crippen LogP contribution is 2.33. The fourth-order valence-corrected chi connectivity index (χ4v) is 5.56. The van der Waals surface area contributed by atoms with Crippen LogP contribution in [0.4, 0.5) is 5.69 Å². The number of aliphatic hydroxyl groups excluding tert-OH is 1. The lowest BCUT2D eigenvalue weighted by molar-refractivity contribution is -0.117. The fraction of sp³-hybridized carbons (Fsp3) is 0.462. The van der Waals surface area contributed by atoms with E-state index < -0.39 is 22.2 Å². The average Bonchev–Trinajstić information content (AvgIpc) is 3.72. The van der Waals surface area contributed by atoms with E-state index in [-0.39, 0.29) is 53.8 Å². The van der Waals surface area contributed by atoms with Gasteiger partial charge in [-0.25, -0.2) is 8.42 Å². The molecule has 3 atom stereocenters. The lowest BCUT2D eigenvalue weighted by Crippen LogP contribution is -2.50. The Morgan fingerprint density at radius 3 is 2.54 bits per heavy atom. The normalized spacial score (nSPS) is 21.0. The molecule has 2 N–H and O–H groups in total. The molecule has 0 bridgehead atoms. The SMILES string of the molecule is C[C@@H]1CN([C@@H](C)CO)C(=O)c2cc(NC(=O)C3CC3)ccc2O[C@H]1CN(C)S(=O)(=O)c1ccc(Cl)cc1. The molecule has 0 spiro atoms. The molecule has 0 aromatic heterocycles. The third-order valence-electron chi connectivity index (χ3n) is 6.84. The monoisotopic (exact) mass is 549 g/mol. The largest absolute Gasteiger partial charge is 0.488 e. The van der Waals surface area contributed by atoms with Gasteiger partial charge in [0.1, 0.15) is 11.9 Å². The van der Waals surface area contributed by atoms with Crippen LogP contribution in [0, 0.1) is 11.8 Å². The maximum Gasteiger partial charge on any atom is 0.258 e. The molecule has 1 aliphatic carbocycles.